The van der Waals surface area contributed by atoms with Gasteiger partial charge in [0.2, 0.25) is 0 Å². The molecule has 2 N–H and O–H groups in total. The Morgan fingerprint density at radius 3 is 2.43 bits per heavy atom. The molecule has 5 heteroatoms. The van der Waals surface area contributed by atoms with Crippen LogP contribution < -0.4 is 10.7 Å². The topological polar surface area (TPSA) is 53.5 Å². The molecule has 2 aromatic rings. The second-order valence-electron chi connectivity index (χ2n) is 4.43. The van der Waals surface area contributed by atoms with Crippen molar-refractivity contribution in [2.75, 3.05) is 5.32 Å². The van der Waals surface area contributed by atoms with Gasteiger partial charge in [0.25, 0.3) is 0 Å². The van der Waals surface area contributed by atoms with Gasteiger partial charge < -0.3 is 5.32 Å². The van der Waals surface area contributed by atoms with E-state index in [1.165, 1.54) is 5.56 Å². The maximum atomic E-state index is 11.6. The number of nitrogens with one attached hydrogen (secondary N) is 2. The zero-order valence-electron chi connectivity index (χ0n) is 11.6. The number of rotatable bonds is 4. The number of benzene rings is 2. The monoisotopic (exact) mass is 301 g/mol. The average molecular weight is 302 g/mol. The summed E-state index contributed by atoms with van der Waals surface area (Å²) in [5.74, 6) is 0. The van der Waals surface area contributed by atoms with Crippen molar-refractivity contribution < 1.29 is 4.79 Å². The minimum Gasteiger partial charge on any atom is -0.307 e. The molecule has 2 rings (SSSR count). The van der Waals surface area contributed by atoms with Crippen LogP contribution in [0.25, 0.3) is 0 Å². The van der Waals surface area contributed by atoms with E-state index in [0.717, 1.165) is 12.0 Å². The Hall–Kier alpha value is -2.33. The standard InChI is InChI=1S/C16H16ClN3O/c1-2-12-3-5-13(6-4-12)11-18-20-16(21)19-15-9-7-14(17)8-10-15/h3-11H,2H2,1H3,(H2,19,20,21)/b18-11-. The minimum absolute atomic E-state index is 0.404. The van der Waals surface area contributed by atoms with E-state index in [1.54, 1.807) is 30.5 Å². The predicted octanol–water partition coefficient (Wildman–Crippen LogP) is 4.06. The maximum Gasteiger partial charge on any atom is 0.339 e. The maximum absolute atomic E-state index is 11.6. The molecule has 0 saturated carbocycles. The first-order valence-electron chi connectivity index (χ1n) is 6.62. The summed E-state index contributed by atoms with van der Waals surface area (Å²) in [6, 6.07) is 14.4. The lowest BCUT2D eigenvalue weighted by molar-refractivity contribution is 0.252. The smallest absolute Gasteiger partial charge is 0.307 e. The molecule has 0 aliphatic heterocycles. The van der Waals surface area contributed by atoms with Gasteiger partial charge in [-0.3, -0.25) is 0 Å². The Labute approximate surface area is 128 Å². The van der Waals surface area contributed by atoms with Gasteiger partial charge in [-0.25, -0.2) is 10.2 Å². The molecule has 0 radical (unpaired) electrons. The molecule has 0 spiro atoms. The Kier molecular flexibility index (Phi) is 5.35. The number of carbonyl (C=O) groups excluding carboxylic acids is 1. The Bertz CT molecular complexity index is 621. The van der Waals surface area contributed by atoms with Crippen LogP contribution in [0.1, 0.15) is 18.1 Å². The SMILES string of the molecule is CCc1ccc(/C=N\NC(=O)Nc2ccc(Cl)cc2)cc1. The third-order valence-corrected chi connectivity index (χ3v) is 3.12. The third-order valence-electron chi connectivity index (χ3n) is 2.87. The Morgan fingerprint density at radius 1 is 1.14 bits per heavy atom. The first kappa shape index (κ1) is 15.1. The molecule has 0 atom stereocenters. The first-order valence-corrected chi connectivity index (χ1v) is 6.99. The highest BCUT2D eigenvalue weighted by Gasteiger charge is 1.99. The average Bonchev–Trinajstić information content (AvgIpc) is 2.50. The zero-order chi connectivity index (χ0) is 15.1. The largest absolute Gasteiger partial charge is 0.339 e. The van der Waals surface area contributed by atoms with Crippen molar-refractivity contribution in [2.45, 2.75) is 13.3 Å². The number of hydrogen-bond donors (Lipinski definition) is 2. The lowest BCUT2D eigenvalue weighted by Gasteiger charge is -2.03. The van der Waals surface area contributed by atoms with Gasteiger partial charge >= 0.3 is 6.03 Å². The molecule has 0 unspecified atom stereocenters. The lowest BCUT2D eigenvalue weighted by atomic mass is 10.1. The van der Waals surface area contributed by atoms with Crippen LogP contribution in [-0.4, -0.2) is 12.2 Å². The van der Waals surface area contributed by atoms with Crippen LogP contribution in [0.4, 0.5) is 10.5 Å². The number of hydrazone groups is 1. The molecular formula is C16H16ClN3O. The molecule has 0 aliphatic carbocycles. The van der Waals surface area contributed by atoms with Gasteiger partial charge in [-0.15, -0.1) is 0 Å². The van der Waals surface area contributed by atoms with E-state index >= 15 is 0 Å². The van der Waals surface area contributed by atoms with Crippen LogP contribution in [0.3, 0.4) is 0 Å². The van der Waals surface area contributed by atoms with Crippen molar-refractivity contribution in [3.8, 4) is 0 Å². The fourth-order valence-corrected chi connectivity index (χ4v) is 1.82. The van der Waals surface area contributed by atoms with Gasteiger partial charge in [-0.1, -0.05) is 42.8 Å². The van der Waals surface area contributed by atoms with E-state index in [2.05, 4.69) is 22.8 Å². The summed E-state index contributed by atoms with van der Waals surface area (Å²) < 4.78 is 0. The summed E-state index contributed by atoms with van der Waals surface area (Å²) in [5, 5.41) is 7.17. The van der Waals surface area contributed by atoms with Crippen LogP contribution in [0.2, 0.25) is 5.02 Å². The first-order chi connectivity index (χ1) is 10.2. The molecule has 108 valence electrons. The molecule has 0 saturated heterocycles. The van der Waals surface area contributed by atoms with Crippen LogP contribution in [0.5, 0.6) is 0 Å². The van der Waals surface area contributed by atoms with E-state index in [9.17, 15) is 4.79 Å². The van der Waals surface area contributed by atoms with Crippen molar-refractivity contribution >= 4 is 29.5 Å². The van der Waals surface area contributed by atoms with Gasteiger partial charge in [0.1, 0.15) is 0 Å². The molecule has 4 nitrogen and oxygen atoms in total. The van der Waals surface area contributed by atoms with Crippen molar-refractivity contribution in [2.24, 2.45) is 5.10 Å². The van der Waals surface area contributed by atoms with Crippen molar-refractivity contribution in [1.29, 1.82) is 0 Å². The van der Waals surface area contributed by atoms with E-state index in [-0.39, 0.29) is 0 Å². The lowest BCUT2D eigenvalue weighted by Crippen LogP contribution is -2.24. The Balaban J connectivity index is 1.85. The fraction of sp³-hybridized carbons (Fsp3) is 0.125. The molecule has 0 aromatic heterocycles. The van der Waals surface area contributed by atoms with Gasteiger partial charge in [0, 0.05) is 10.7 Å². The summed E-state index contributed by atoms with van der Waals surface area (Å²) in [6.07, 6.45) is 2.60. The highest BCUT2D eigenvalue weighted by atomic mass is 35.5. The zero-order valence-corrected chi connectivity index (χ0v) is 12.4. The summed E-state index contributed by atoms with van der Waals surface area (Å²) in [6.45, 7) is 2.10. The van der Waals surface area contributed by atoms with Gasteiger partial charge in [-0.2, -0.15) is 5.10 Å². The molecular weight excluding hydrogens is 286 g/mol. The molecule has 2 aromatic carbocycles. The van der Waals surface area contributed by atoms with Gasteiger partial charge in [-0.05, 0) is 41.8 Å². The van der Waals surface area contributed by atoms with Gasteiger partial charge in [0.15, 0.2) is 0 Å². The van der Waals surface area contributed by atoms with Crippen LogP contribution >= 0.6 is 11.6 Å². The number of aryl methyl sites for hydroxylation is 1. The van der Waals surface area contributed by atoms with E-state index < -0.39 is 6.03 Å². The number of urea groups is 1. The van der Waals surface area contributed by atoms with Crippen LogP contribution in [0.15, 0.2) is 53.6 Å². The van der Waals surface area contributed by atoms with Gasteiger partial charge in [0.05, 0.1) is 6.21 Å². The number of nitrogens with zero attached hydrogens (tertiary/aromatic N) is 1. The minimum atomic E-state index is -0.404. The fourth-order valence-electron chi connectivity index (χ4n) is 1.70. The highest BCUT2D eigenvalue weighted by Crippen LogP contribution is 2.13. The number of hydrogen-bond acceptors (Lipinski definition) is 2. The number of amides is 2. The second-order valence-corrected chi connectivity index (χ2v) is 4.86. The van der Waals surface area contributed by atoms with Crippen LogP contribution in [0, 0.1) is 0 Å². The normalized spacial score (nSPS) is 10.6. The molecule has 0 heterocycles. The molecule has 0 aliphatic rings. The quantitative estimate of drug-likeness (QED) is 0.649. The third kappa shape index (κ3) is 4.93. The molecule has 0 fully saturated rings. The van der Waals surface area contributed by atoms with Crippen molar-refractivity contribution in [1.82, 2.24) is 5.43 Å². The molecule has 21 heavy (non-hydrogen) atoms. The number of anilines is 1. The molecule has 0 bridgehead atoms. The summed E-state index contributed by atoms with van der Waals surface area (Å²) in [7, 11) is 0. The Morgan fingerprint density at radius 2 is 1.81 bits per heavy atom. The second kappa shape index (κ2) is 7.45. The highest BCUT2D eigenvalue weighted by molar-refractivity contribution is 6.30. The molecule has 2 amide bonds. The van der Waals surface area contributed by atoms with Crippen molar-refractivity contribution in [3.05, 3.63) is 64.7 Å². The summed E-state index contributed by atoms with van der Waals surface area (Å²) >= 11 is 5.77. The van der Waals surface area contributed by atoms with E-state index in [1.807, 2.05) is 24.3 Å². The summed E-state index contributed by atoms with van der Waals surface area (Å²) in [4.78, 5) is 11.6. The summed E-state index contributed by atoms with van der Waals surface area (Å²) in [5.41, 5.74) is 5.26. The predicted molar refractivity (Wildman–Crippen MR) is 87.0 cm³/mol. The van der Waals surface area contributed by atoms with E-state index in [4.69, 9.17) is 11.6 Å². The number of carbonyl (C=O) groups is 1. The van der Waals surface area contributed by atoms with E-state index in [0.29, 0.717) is 10.7 Å². The van der Waals surface area contributed by atoms with Crippen LogP contribution in [-0.2, 0) is 6.42 Å². The number of halogens is 1. The van der Waals surface area contributed by atoms with Crippen molar-refractivity contribution in [3.63, 3.8) is 0 Å².